The lowest BCUT2D eigenvalue weighted by atomic mass is 9.97. The van der Waals surface area contributed by atoms with E-state index in [1.807, 2.05) is 23.1 Å². The Labute approximate surface area is 195 Å². The molecule has 1 aliphatic carbocycles. The molecule has 1 amide bonds. The number of benzene rings is 2. The molecule has 34 heavy (non-hydrogen) atoms. The quantitative estimate of drug-likeness (QED) is 0.491. The zero-order chi connectivity index (χ0) is 23.8. The summed E-state index contributed by atoms with van der Waals surface area (Å²) in [7, 11) is 0. The van der Waals surface area contributed by atoms with E-state index in [-0.39, 0.29) is 17.4 Å². The van der Waals surface area contributed by atoms with Crippen LogP contribution >= 0.6 is 0 Å². The third kappa shape index (κ3) is 4.36. The third-order valence-corrected chi connectivity index (χ3v) is 6.59. The molecule has 1 aromatic heterocycles. The molecule has 1 atom stereocenters. The van der Waals surface area contributed by atoms with Crippen LogP contribution in [0, 0.1) is 11.7 Å². The number of amides is 1. The van der Waals surface area contributed by atoms with Gasteiger partial charge >= 0.3 is 0 Å². The highest BCUT2D eigenvalue weighted by Gasteiger charge is 2.33. The van der Waals surface area contributed by atoms with Gasteiger partial charge in [0.1, 0.15) is 5.82 Å². The second-order valence-electron chi connectivity index (χ2n) is 8.95. The normalized spacial score (nSPS) is 17.1. The molecule has 1 fully saturated rings. The van der Waals surface area contributed by atoms with Gasteiger partial charge in [0.15, 0.2) is 0 Å². The number of alkyl halides is 2. The predicted molar refractivity (Wildman–Crippen MR) is 125 cm³/mol. The lowest BCUT2D eigenvalue weighted by Gasteiger charge is -2.27. The monoisotopic (exact) mass is 466 g/mol. The van der Waals surface area contributed by atoms with E-state index in [1.165, 1.54) is 12.1 Å². The number of carbonyl (C=O) groups excluding carboxylic acids is 1. The fraction of sp³-hybridized carbons (Fsp3) is 0.346. The molecule has 0 unspecified atom stereocenters. The van der Waals surface area contributed by atoms with Gasteiger partial charge in [0.25, 0.3) is 6.43 Å². The van der Waals surface area contributed by atoms with Crippen molar-refractivity contribution in [2.24, 2.45) is 5.92 Å². The number of nitrogens with one attached hydrogen (secondary N) is 1. The molecule has 2 aliphatic rings. The number of rotatable bonds is 6. The second kappa shape index (κ2) is 9.08. The number of carbonyl (C=O) groups is 1. The molecule has 0 saturated heterocycles. The van der Waals surface area contributed by atoms with Crippen LogP contribution in [-0.2, 0) is 4.79 Å². The highest BCUT2D eigenvalue weighted by molar-refractivity contribution is 5.93. The van der Waals surface area contributed by atoms with Crippen LogP contribution in [0.25, 0.3) is 16.5 Å². The van der Waals surface area contributed by atoms with E-state index in [4.69, 9.17) is 0 Å². The number of hydrogen-bond acceptors (Lipinski definition) is 4. The van der Waals surface area contributed by atoms with Gasteiger partial charge in [-0.25, -0.2) is 13.2 Å². The minimum Gasteiger partial charge on any atom is -0.377 e. The van der Waals surface area contributed by atoms with Crippen molar-refractivity contribution >= 4 is 28.1 Å². The topological polar surface area (TPSA) is 58.1 Å². The Morgan fingerprint density at radius 3 is 2.68 bits per heavy atom. The summed E-state index contributed by atoms with van der Waals surface area (Å²) in [6.07, 6.45) is 3.55. The minimum atomic E-state index is -2.88. The van der Waals surface area contributed by atoms with E-state index >= 15 is 0 Å². The summed E-state index contributed by atoms with van der Waals surface area (Å²) in [5.41, 5.74) is 3.06. The second-order valence-corrected chi connectivity index (χ2v) is 8.95. The lowest BCUT2D eigenvalue weighted by molar-refractivity contribution is -0.132. The maximum absolute atomic E-state index is 14.7. The Morgan fingerprint density at radius 1 is 1.18 bits per heavy atom. The molecule has 0 spiro atoms. The molecular weight excluding hydrogens is 441 g/mol. The summed E-state index contributed by atoms with van der Waals surface area (Å²) in [5, 5.41) is 12.3. The Kier molecular flexibility index (Phi) is 5.98. The van der Waals surface area contributed by atoms with E-state index in [2.05, 4.69) is 21.6 Å². The van der Waals surface area contributed by atoms with Crippen LogP contribution in [0.2, 0.25) is 0 Å². The lowest BCUT2D eigenvalue weighted by Crippen LogP contribution is -2.35. The van der Waals surface area contributed by atoms with Crippen LogP contribution in [-0.4, -0.2) is 34.1 Å². The largest absolute Gasteiger partial charge is 0.377 e. The smallest absolute Gasteiger partial charge is 0.266 e. The Bertz CT molecular complexity index is 1270. The summed E-state index contributed by atoms with van der Waals surface area (Å²) in [5.74, 6) is -0.425. The fourth-order valence-electron chi connectivity index (χ4n) is 4.47. The van der Waals surface area contributed by atoms with Crippen molar-refractivity contribution in [3.8, 4) is 0 Å². The van der Waals surface area contributed by atoms with Gasteiger partial charge in [0.2, 0.25) is 5.91 Å². The van der Waals surface area contributed by atoms with Crippen molar-refractivity contribution in [1.29, 1.82) is 0 Å². The number of hydrogen-bond donors (Lipinski definition) is 1. The van der Waals surface area contributed by atoms with Crippen molar-refractivity contribution < 1.29 is 18.0 Å². The first-order chi connectivity index (χ1) is 16.4. The average molecular weight is 467 g/mol. The zero-order valence-electron chi connectivity index (χ0n) is 18.8. The first kappa shape index (κ1) is 22.4. The minimum absolute atomic E-state index is 0.161. The van der Waals surface area contributed by atoms with Gasteiger partial charge < -0.3 is 10.2 Å². The van der Waals surface area contributed by atoms with Gasteiger partial charge in [-0.2, -0.15) is 10.2 Å². The van der Waals surface area contributed by atoms with Gasteiger partial charge in [0.05, 0.1) is 29.0 Å². The molecule has 3 aromatic rings. The Morgan fingerprint density at radius 2 is 1.97 bits per heavy atom. The van der Waals surface area contributed by atoms with E-state index < -0.39 is 23.8 Å². The molecule has 2 heterocycles. The van der Waals surface area contributed by atoms with Crippen molar-refractivity contribution in [2.45, 2.75) is 38.7 Å². The van der Waals surface area contributed by atoms with Crippen LogP contribution in [0.15, 0.2) is 48.7 Å². The Balaban J connectivity index is 1.40. The number of anilines is 1. The number of fused-ring (bicyclic) bond motifs is 1. The maximum Gasteiger partial charge on any atom is 0.266 e. The van der Waals surface area contributed by atoms with Crippen LogP contribution in [0.1, 0.15) is 55.3 Å². The van der Waals surface area contributed by atoms with E-state index in [1.54, 1.807) is 13.1 Å². The first-order valence-corrected chi connectivity index (χ1v) is 11.5. The van der Waals surface area contributed by atoms with Crippen molar-refractivity contribution in [2.75, 3.05) is 18.4 Å². The Hall–Kier alpha value is -3.42. The summed E-state index contributed by atoms with van der Waals surface area (Å²) in [4.78, 5) is 14.3. The SMILES string of the molecule is C[C@@H](Nc1cnnc2ccc(C3=CCN(C(=O)C4CC4)CC3)cc12)c1cccc(C(F)F)c1F. The number of aromatic nitrogens is 2. The summed E-state index contributed by atoms with van der Waals surface area (Å²) in [6, 6.07) is 9.35. The molecular formula is C26H25F3N4O. The average Bonchev–Trinajstić information content (AvgIpc) is 3.69. The molecule has 2 aromatic carbocycles. The summed E-state index contributed by atoms with van der Waals surface area (Å²) < 4.78 is 40.9. The molecule has 8 heteroatoms. The highest BCUT2D eigenvalue weighted by Crippen LogP contribution is 2.34. The van der Waals surface area contributed by atoms with Gasteiger partial charge in [-0.1, -0.05) is 30.3 Å². The third-order valence-electron chi connectivity index (χ3n) is 6.59. The van der Waals surface area contributed by atoms with E-state index in [9.17, 15) is 18.0 Å². The fourth-order valence-corrected chi connectivity index (χ4v) is 4.47. The molecule has 0 radical (unpaired) electrons. The summed E-state index contributed by atoms with van der Waals surface area (Å²) in [6.45, 7) is 3.04. The van der Waals surface area contributed by atoms with Gasteiger partial charge in [-0.3, -0.25) is 4.79 Å². The molecule has 1 saturated carbocycles. The van der Waals surface area contributed by atoms with Crippen molar-refractivity contribution in [3.05, 3.63) is 71.2 Å². The maximum atomic E-state index is 14.7. The molecule has 5 nitrogen and oxygen atoms in total. The van der Waals surface area contributed by atoms with E-state index in [0.717, 1.165) is 41.9 Å². The molecule has 176 valence electrons. The highest BCUT2D eigenvalue weighted by atomic mass is 19.3. The van der Waals surface area contributed by atoms with Gasteiger partial charge in [-0.05, 0) is 49.5 Å². The van der Waals surface area contributed by atoms with Crippen LogP contribution in [0.5, 0.6) is 0 Å². The number of halogens is 3. The molecule has 5 rings (SSSR count). The number of nitrogens with zero attached hydrogens (tertiary/aromatic N) is 3. The van der Waals surface area contributed by atoms with Crippen LogP contribution in [0.3, 0.4) is 0 Å². The van der Waals surface area contributed by atoms with Gasteiger partial charge in [0, 0.05) is 30.0 Å². The standard InChI is InChI=1S/C26H25F3N4O/c1-15(19-3-2-4-20(24(19)27)25(28)29)31-23-14-30-32-22-8-7-18(13-21(22)23)16-9-11-33(12-10-16)26(34)17-5-6-17/h2-4,7-9,13-15,17,25H,5-6,10-12H2,1H3,(H,31,32)/t15-/m1/s1. The first-order valence-electron chi connectivity index (χ1n) is 11.5. The van der Waals surface area contributed by atoms with Gasteiger partial charge in [-0.15, -0.1) is 0 Å². The summed E-state index contributed by atoms with van der Waals surface area (Å²) >= 11 is 0. The zero-order valence-corrected chi connectivity index (χ0v) is 18.8. The van der Waals surface area contributed by atoms with Crippen molar-refractivity contribution in [1.82, 2.24) is 15.1 Å². The molecule has 1 aliphatic heterocycles. The van der Waals surface area contributed by atoms with Crippen LogP contribution in [0.4, 0.5) is 18.9 Å². The van der Waals surface area contributed by atoms with E-state index in [0.29, 0.717) is 24.3 Å². The van der Waals surface area contributed by atoms with Crippen LogP contribution < -0.4 is 5.32 Å². The predicted octanol–water partition coefficient (Wildman–Crippen LogP) is 5.91. The van der Waals surface area contributed by atoms with Crippen molar-refractivity contribution in [3.63, 3.8) is 0 Å². The molecule has 1 N–H and O–H groups in total. The molecule has 0 bridgehead atoms.